The monoisotopic (exact) mass is 459 g/mol. The highest BCUT2D eigenvalue weighted by molar-refractivity contribution is 6.09. The van der Waals surface area contributed by atoms with E-state index in [0.717, 1.165) is 5.56 Å². The minimum Gasteiger partial charge on any atom is -0.356 e. The molecule has 1 aromatic carbocycles. The lowest BCUT2D eigenvalue weighted by molar-refractivity contribution is -0.179. The molecular formula is C22H23F6N3O. The van der Waals surface area contributed by atoms with Gasteiger partial charge in [0.05, 0.1) is 17.0 Å². The first-order valence-electron chi connectivity index (χ1n) is 10.2. The second kappa shape index (κ2) is 8.99. The van der Waals surface area contributed by atoms with E-state index in [-0.39, 0.29) is 42.9 Å². The van der Waals surface area contributed by atoms with E-state index in [1.54, 1.807) is 18.2 Å². The first-order chi connectivity index (χ1) is 14.9. The third-order valence-corrected chi connectivity index (χ3v) is 5.70. The summed E-state index contributed by atoms with van der Waals surface area (Å²) in [5.41, 5.74) is -0.320. The third kappa shape index (κ3) is 5.16. The van der Waals surface area contributed by atoms with Crippen LogP contribution < -0.4 is 10.2 Å². The molecule has 1 aliphatic heterocycles. The van der Waals surface area contributed by atoms with Gasteiger partial charge in [-0.05, 0) is 49.4 Å². The third-order valence-electron chi connectivity index (χ3n) is 5.70. The zero-order chi connectivity index (χ0) is 23.7. The number of hydrogen-bond donors (Lipinski definition) is 1. The van der Waals surface area contributed by atoms with E-state index in [4.69, 9.17) is 0 Å². The van der Waals surface area contributed by atoms with Crippen LogP contribution in [0.2, 0.25) is 0 Å². The molecule has 0 radical (unpaired) electrons. The molecule has 174 valence electrons. The second-order valence-corrected chi connectivity index (χ2v) is 7.80. The van der Waals surface area contributed by atoms with E-state index in [1.807, 2.05) is 13.0 Å². The summed E-state index contributed by atoms with van der Waals surface area (Å²) in [6.45, 7) is 2.97. The number of rotatable bonds is 4. The van der Waals surface area contributed by atoms with Crippen LogP contribution in [0.15, 0.2) is 30.5 Å². The van der Waals surface area contributed by atoms with Crippen LogP contribution >= 0.6 is 0 Å². The number of amides is 1. The quantitative estimate of drug-likeness (QED) is 0.571. The van der Waals surface area contributed by atoms with Crippen molar-refractivity contribution in [1.82, 2.24) is 4.98 Å². The van der Waals surface area contributed by atoms with Crippen molar-refractivity contribution in [1.29, 1.82) is 0 Å². The number of benzene rings is 1. The number of piperidine rings is 1. The molecule has 2 aromatic rings. The fourth-order valence-corrected chi connectivity index (χ4v) is 3.87. The number of pyridine rings is 1. The number of halogens is 6. The van der Waals surface area contributed by atoms with Crippen LogP contribution in [0.25, 0.3) is 0 Å². The molecule has 1 aliphatic rings. The lowest BCUT2D eigenvalue weighted by atomic mass is 9.95. The minimum absolute atomic E-state index is 0.0414. The van der Waals surface area contributed by atoms with Crippen molar-refractivity contribution in [3.05, 3.63) is 52.7 Å². The molecule has 3 rings (SSSR count). The molecule has 0 spiro atoms. The van der Waals surface area contributed by atoms with E-state index in [1.165, 1.54) is 11.8 Å². The van der Waals surface area contributed by atoms with Gasteiger partial charge in [0.15, 0.2) is 0 Å². The first-order valence-corrected chi connectivity index (χ1v) is 10.2. The van der Waals surface area contributed by atoms with E-state index in [0.29, 0.717) is 18.3 Å². The number of alkyl halides is 6. The number of aromatic nitrogens is 1. The topological polar surface area (TPSA) is 45.2 Å². The molecule has 1 N–H and O–H groups in total. The molecule has 10 heteroatoms. The number of nitrogens with zero attached hydrogens (tertiary/aromatic N) is 2. The molecule has 0 unspecified atom stereocenters. The molecule has 1 saturated heterocycles. The normalized spacial score (nSPS) is 15.7. The summed E-state index contributed by atoms with van der Waals surface area (Å²) in [6, 6.07) is 6.89. The molecule has 0 atom stereocenters. The Kier molecular flexibility index (Phi) is 6.71. The Morgan fingerprint density at radius 1 is 1.16 bits per heavy atom. The minimum atomic E-state index is -4.73. The molecule has 1 amide bonds. The lowest BCUT2D eigenvalue weighted by Gasteiger charge is -2.35. The van der Waals surface area contributed by atoms with Crippen molar-refractivity contribution in [3.8, 4) is 0 Å². The number of carbonyl (C=O) groups is 1. The molecule has 4 nitrogen and oxygen atoms in total. The number of anilines is 2. The maximum absolute atomic E-state index is 13.5. The molecule has 1 aromatic heterocycles. The maximum atomic E-state index is 13.5. The molecule has 0 bridgehead atoms. The van der Waals surface area contributed by atoms with Crippen molar-refractivity contribution in [2.45, 2.75) is 45.5 Å². The van der Waals surface area contributed by atoms with Crippen LogP contribution in [0.3, 0.4) is 0 Å². The zero-order valence-electron chi connectivity index (χ0n) is 17.6. The van der Waals surface area contributed by atoms with Crippen molar-refractivity contribution < 1.29 is 31.1 Å². The molecule has 0 aliphatic carbocycles. The van der Waals surface area contributed by atoms with Gasteiger partial charge in [-0.1, -0.05) is 19.1 Å². The highest BCUT2D eigenvalue weighted by Crippen LogP contribution is 2.38. The summed E-state index contributed by atoms with van der Waals surface area (Å²) in [7, 11) is 0. The Bertz CT molecular complexity index is 979. The predicted molar refractivity (Wildman–Crippen MR) is 109 cm³/mol. The Hall–Kier alpha value is -2.78. The van der Waals surface area contributed by atoms with Gasteiger partial charge in [-0.15, -0.1) is 0 Å². The largest absolute Gasteiger partial charge is 0.418 e. The van der Waals surface area contributed by atoms with Crippen molar-refractivity contribution >= 4 is 17.4 Å². The number of aryl methyl sites for hydroxylation is 1. The van der Waals surface area contributed by atoms with Gasteiger partial charge < -0.3 is 10.2 Å². The van der Waals surface area contributed by atoms with Gasteiger partial charge in [-0.2, -0.15) is 26.3 Å². The highest BCUT2D eigenvalue weighted by Gasteiger charge is 2.42. The average Bonchev–Trinajstić information content (AvgIpc) is 2.72. The highest BCUT2D eigenvalue weighted by atomic mass is 19.4. The van der Waals surface area contributed by atoms with Crippen molar-refractivity contribution in [2.24, 2.45) is 5.92 Å². The Labute approximate surface area is 181 Å². The molecule has 0 saturated carbocycles. The molecule has 1 fully saturated rings. The smallest absolute Gasteiger partial charge is 0.356 e. The van der Waals surface area contributed by atoms with Gasteiger partial charge in [-0.25, -0.2) is 4.98 Å². The molecule has 32 heavy (non-hydrogen) atoms. The summed E-state index contributed by atoms with van der Waals surface area (Å²) >= 11 is 0. The molecule has 2 heterocycles. The van der Waals surface area contributed by atoms with Gasteiger partial charge in [0.2, 0.25) is 0 Å². The Morgan fingerprint density at radius 3 is 2.38 bits per heavy atom. The van der Waals surface area contributed by atoms with Crippen LogP contribution in [0.5, 0.6) is 0 Å². The van der Waals surface area contributed by atoms with E-state index >= 15 is 0 Å². The van der Waals surface area contributed by atoms with Gasteiger partial charge in [-0.3, -0.25) is 4.79 Å². The van der Waals surface area contributed by atoms with E-state index < -0.39 is 29.7 Å². The fourth-order valence-electron chi connectivity index (χ4n) is 3.87. The zero-order valence-corrected chi connectivity index (χ0v) is 17.6. The van der Waals surface area contributed by atoms with E-state index in [2.05, 4.69) is 10.3 Å². The number of nitrogens with one attached hydrogen (secondary N) is 1. The van der Waals surface area contributed by atoms with Crippen molar-refractivity contribution in [2.75, 3.05) is 23.3 Å². The number of carbonyl (C=O) groups excluding carboxylic acids is 1. The SMILES string of the molecule is CCc1cccc(NC(=O)c2c(N3CCC(C(F)(F)F)CC3)ncc(C(F)(F)F)c2C)c1. The summed E-state index contributed by atoms with van der Waals surface area (Å²) in [5, 5.41) is 2.61. The van der Waals surface area contributed by atoms with Crippen molar-refractivity contribution in [3.63, 3.8) is 0 Å². The molecular weight excluding hydrogens is 436 g/mol. The summed E-state index contributed by atoms with van der Waals surface area (Å²) in [4.78, 5) is 18.4. The van der Waals surface area contributed by atoms with Crippen LogP contribution in [0.4, 0.5) is 37.8 Å². The van der Waals surface area contributed by atoms with Gasteiger partial charge >= 0.3 is 12.4 Å². The predicted octanol–water partition coefficient (Wildman–Crippen LogP) is 6.00. The van der Waals surface area contributed by atoms with Crippen LogP contribution in [0.1, 0.15) is 46.8 Å². The first kappa shape index (κ1) is 23.9. The lowest BCUT2D eigenvalue weighted by Crippen LogP contribution is -2.40. The van der Waals surface area contributed by atoms with Crippen LogP contribution in [-0.2, 0) is 12.6 Å². The van der Waals surface area contributed by atoms with Crippen LogP contribution in [0, 0.1) is 12.8 Å². The average molecular weight is 459 g/mol. The number of hydrogen-bond acceptors (Lipinski definition) is 3. The summed E-state index contributed by atoms with van der Waals surface area (Å²) in [6.07, 6.45) is -8.16. The summed E-state index contributed by atoms with van der Waals surface area (Å²) < 4.78 is 79.4. The standard InChI is InChI=1S/C22H23F6N3O/c1-3-14-5-4-6-16(11-14)30-20(32)18-13(2)17(22(26,27)28)12-29-19(18)31-9-7-15(8-10-31)21(23,24)25/h4-6,11-12,15H,3,7-10H2,1-2H3,(H,30,32). The van der Waals surface area contributed by atoms with Crippen LogP contribution in [-0.4, -0.2) is 30.2 Å². The van der Waals surface area contributed by atoms with Gasteiger partial charge in [0.1, 0.15) is 5.82 Å². The Morgan fingerprint density at radius 2 is 1.81 bits per heavy atom. The second-order valence-electron chi connectivity index (χ2n) is 7.80. The summed E-state index contributed by atoms with van der Waals surface area (Å²) in [5.74, 6) is -2.31. The van der Waals surface area contributed by atoms with E-state index in [9.17, 15) is 31.1 Å². The fraction of sp³-hybridized carbons (Fsp3) is 0.455. The van der Waals surface area contributed by atoms with Gasteiger partial charge in [0, 0.05) is 25.0 Å². The van der Waals surface area contributed by atoms with Gasteiger partial charge in [0.25, 0.3) is 5.91 Å². The maximum Gasteiger partial charge on any atom is 0.418 e. The Balaban J connectivity index is 1.97.